The van der Waals surface area contributed by atoms with Gasteiger partial charge in [0, 0.05) is 24.4 Å². The molecule has 32 heavy (non-hydrogen) atoms. The molecule has 1 aromatic heterocycles. The Morgan fingerprint density at radius 2 is 1.78 bits per heavy atom. The van der Waals surface area contributed by atoms with Crippen molar-refractivity contribution >= 4 is 16.7 Å². The quantitative estimate of drug-likeness (QED) is 0.499. The molecule has 2 heterocycles. The third-order valence-corrected chi connectivity index (χ3v) is 6.99. The van der Waals surface area contributed by atoms with E-state index in [0.717, 1.165) is 74.6 Å². The smallest absolute Gasteiger partial charge is 0.140 e. The fourth-order valence-corrected chi connectivity index (χ4v) is 4.98. The number of unbranched alkanes of at least 4 members (excludes halogenated alkanes) is 1. The van der Waals surface area contributed by atoms with Crippen molar-refractivity contribution in [2.45, 2.75) is 56.8 Å². The van der Waals surface area contributed by atoms with E-state index < -0.39 is 0 Å². The van der Waals surface area contributed by atoms with Crippen molar-refractivity contribution in [3.63, 3.8) is 0 Å². The Bertz CT molecular complexity index is 1070. The van der Waals surface area contributed by atoms with Crippen LogP contribution in [0.25, 0.3) is 10.9 Å². The van der Waals surface area contributed by atoms with Gasteiger partial charge in [-0.3, -0.25) is 0 Å². The van der Waals surface area contributed by atoms with Gasteiger partial charge in [-0.05, 0) is 86.7 Å². The summed E-state index contributed by atoms with van der Waals surface area (Å²) in [5, 5.41) is 1.20. The molecule has 2 fully saturated rings. The molecule has 1 saturated heterocycles. The van der Waals surface area contributed by atoms with Gasteiger partial charge in [0.25, 0.3) is 0 Å². The second kappa shape index (κ2) is 9.45. The first-order valence-electron chi connectivity index (χ1n) is 12.2. The Morgan fingerprint density at radius 1 is 0.969 bits per heavy atom. The summed E-state index contributed by atoms with van der Waals surface area (Å²) in [7, 11) is 1.77. The molecule has 2 aliphatic rings. The highest BCUT2D eigenvalue weighted by atomic mass is 16.5. The van der Waals surface area contributed by atoms with Gasteiger partial charge in [0.15, 0.2) is 0 Å². The summed E-state index contributed by atoms with van der Waals surface area (Å²) >= 11 is 0. The van der Waals surface area contributed by atoms with E-state index in [-0.39, 0.29) is 0 Å². The molecule has 168 valence electrons. The summed E-state index contributed by atoms with van der Waals surface area (Å²) in [6, 6.07) is 15.2. The van der Waals surface area contributed by atoms with Gasteiger partial charge in [0.2, 0.25) is 0 Å². The van der Waals surface area contributed by atoms with Crippen LogP contribution in [0.3, 0.4) is 0 Å². The molecular formula is C27H34N4O. The maximum absolute atomic E-state index is 5.69. The van der Waals surface area contributed by atoms with Crippen LogP contribution in [0.15, 0.2) is 42.5 Å². The normalized spacial score (nSPS) is 17.1. The third-order valence-electron chi connectivity index (χ3n) is 6.99. The number of fused-ring (bicyclic) bond motifs is 1. The van der Waals surface area contributed by atoms with E-state index in [1.54, 1.807) is 7.11 Å². The average Bonchev–Trinajstić information content (AvgIpc) is 3.69. The van der Waals surface area contributed by atoms with Crippen LogP contribution >= 0.6 is 0 Å². The number of hydrogen-bond acceptors (Lipinski definition) is 5. The first-order valence-corrected chi connectivity index (χ1v) is 12.2. The lowest BCUT2D eigenvalue weighted by molar-refractivity contribution is 0.397. The van der Waals surface area contributed by atoms with E-state index in [0.29, 0.717) is 11.8 Å². The predicted molar refractivity (Wildman–Crippen MR) is 131 cm³/mol. The van der Waals surface area contributed by atoms with Crippen molar-refractivity contribution in [1.82, 2.24) is 9.97 Å². The van der Waals surface area contributed by atoms with Gasteiger partial charge < -0.3 is 15.4 Å². The van der Waals surface area contributed by atoms with E-state index in [2.05, 4.69) is 47.4 Å². The number of nitrogens with zero attached hydrogens (tertiary/aromatic N) is 3. The van der Waals surface area contributed by atoms with Gasteiger partial charge >= 0.3 is 0 Å². The second-order valence-corrected chi connectivity index (χ2v) is 9.28. The van der Waals surface area contributed by atoms with Crippen LogP contribution in [-0.2, 0) is 6.42 Å². The van der Waals surface area contributed by atoms with E-state index in [4.69, 9.17) is 20.4 Å². The van der Waals surface area contributed by atoms with E-state index in [9.17, 15) is 0 Å². The molecular weight excluding hydrogens is 396 g/mol. The second-order valence-electron chi connectivity index (χ2n) is 9.28. The number of anilines is 1. The van der Waals surface area contributed by atoms with Crippen molar-refractivity contribution in [3.05, 3.63) is 59.4 Å². The lowest BCUT2D eigenvalue weighted by atomic mass is 9.88. The fourth-order valence-electron chi connectivity index (χ4n) is 4.98. The number of aromatic nitrogens is 2. The van der Waals surface area contributed by atoms with Crippen molar-refractivity contribution in [3.8, 4) is 5.75 Å². The highest BCUT2D eigenvalue weighted by Crippen LogP contribution is 2.41. The number of piperidine rings is 1. The lowest BCUT2D eigenvalue weighted by Gasteiger charge is -2.34. The largest absolute Gasteiger partial charge is 0.496 e. The van der Waals surface area contributed by atoms with Crippen molar-refractivity contribution in [2.24, 2.45) is 5.73 Å². The minimum absolute atomic E-state index is 0.533. The monoisotopic (exact) mass is 430 g/mol. The highest BCUT2D eigenvalue weighted by Gasteiger charge is 2.30. The summed E-state index contributed by atoms with van der Waals surface area (Å²) in [5.41, 5.74) is 9.48. The van der Waals surface area contributed by atoms with Crippen LogP contribution < -0.4 is 15.4 Å². The van der Waals surface area contributed by atoms with Crippen LogP contribution in [-0.4, -0.2) is 36.7 Å². The Kier molecular flexibility index (Phi) is 6.26. The van der Waals surface area contributed by atoms with Gasteiger partial charge in [-0.2, -0.15) is 0 Å². The Labute approximate surface area is 191 Å². The minimum atomic E-state index is 0.533. The molecule has 2 aromatic carbocycles. The molecule has 1 aliphatic heterocycles. The predicted octanol–water partition coefficient (Wildman–Crippen LogP) is 5.18. The van der Waals surface area contributed by atoms with Crippen molar-refractivity contribution in [1.29, 1.82) is 0 Å². The van der Waals surface area contributed by atoms with Crippen LogP contribution in [0.4, 0.5) is 5.82 Å². The fraction of sp³-hybridized carbons (Fsp3) is 0.481. The molecule has 5 nitrogen and oxygen atoms in total. The molecule has 0 radical (unpaired) electrons. The van der Waals surface area contributed by atoms with Gasteiger partial charge in [-0.25, -0.2) is 9.97 Å². The van der Waals surface area contributed by atoms with Gasteiger partial charge in [-0.15, -0.1) is 0 Å². The molecule has 5 heteroatoms. The van der Waals surface area contributed by atoms with E-state index in [1.807, 2.05) is 0 Å². The van der Waals surface area contributed by atoms with E-state index in [1.165, 1.54) is 29.4 Å². The molecule has 0 bridgehead atoms. The zero-order valence-electron chi connectivity index (χ0n) is 19.1. The minimum Gasteiger partial charge on any atom is -0.496 e. The number of hydrogen-bond donors (Lipinski definition) is 1. The number of rotatable bonds is 8. The molecule has 5 rings (SSSR count). The SMILES string of the molecule is COc1ccccc1C1CCN(c2nc(C3CC3)nc3ccc(CCCCN)cc23)CC1. The summed E-state index contributed by atoms with van der Waals surface area (Å²) in [5.74, 6) is 4.27. The topological polar surface area (TPSA) is 64.3 Å². The third kappa shape index (κ3) is 4.44. The first kappa shape index (κ1) is 21.2. The summed E-state index contributed by atoms with van der Waals surface area (Å²) in [6.07, 6.45) is 7.92. The molecule has 0 spiro atoms. The van der Waals surface area contributed by atoms with Crippen LogP contribution in [0.5, 0.6) is 5.75 Å². The number of methoxy groups -OCH3 is 1. The maximum Gasteiger partial charge on any atom is 0.140 e. The van der Waals surface area contributed by atoms with Crippen LogP contribution in [0.2, 0.25) is 0 Å². The lowest BCUT2D eigenvalue weighted by Crippen LogP contribution is -2.34. The average molecular weight is 431 g/mol. The first-order chi connectivity index (χ1) is 15.8. The Balaban J connectivity index is 1.41. The Hall–Kier alpha value is -2.66. The van der Waals surface area contributed by atoms with Gasteiger partial charge in [-0.1, -0.05) is 24.3 Å². The number of benzene rings is 2. The summed E-state index contributed by atoms with van der Waals surface area (Å²) < 4.78 is 5.63. The van der Waals surface area contributed by atoms with Crippen molar-refractivity contribution < 1.29 is 4.74 Å². The molecule has 2 N–H and O–H groups in total. The number of para-hydroxylation sites is 1. The van der Waals surface area contributed by atoms with Crippen LogP contribution in [0, 0.1) is 0 Å². The summed E-state index contributed by atoms with van der Waals surface area (Å²) in [6.45, 7) is 2.78. The maximum atomic E-state index is 5.69. The van der Waals surface area contributed by atoms with Crippen LogP contribution in [0.1, 0.15) is 67.3 Å². The molecule has 1 aliphatic carbocycles. The zero-order chi connectivity index (χ0) is 21.9. The molecule has 1 saturated carbocycles. The molecule has 0 atom stereocenters. The number of nitrogens with two attached hydrogens (primary N) is 1. The summed E-state index contributed by atoms with van der Waals surface area (Å²) in [4.78, 5) is 12.6. The highest BCUT2D eigenvalue weighted by molar-refractivity contribution is 5.90. The molecule has 3 aromatic rings. The Morgan fingerprint density at radius 3 is 2.53 bits per heavy atom. The molecule has 0 amide bonds. The zero-order valence-corrected chi connectivity index (χ0v) is 19.1. The van der Waals surface area contributed by atoms with E-state index >= 15 is 0 Å². The number of aryl methyl sites for hydroxylation is 1. The molecule has 0 unspecified atom stereocenters. The number of ether oxygens (including phenoxy) is 1. The standard InChI is InChI=1S/C27H34N4O/c1-32-25-8-3-2-7-22(25)20-13-16-31(17-14-20)27-23-18-19(6-4-5-15-28)9-12-24(23)29-26(30-27)21-10-11-21/h2-3,7-9,12,18,20-21H,4-6,10-11,13-17,28H2,1H3. The van der Waals surface area contributed by atoms with Gasteiger partial charge in [0.05, 0.1) is 12.6 Å². The van der Waals surface area contributed by atoms with Gasteiger partial charge in [0.1, 0.15) is 17.4 Å². The van der Waals surface area contributed by atoms with Crippen molar-refractivity contribution in [2.75, 3.05) is 31.6 Å².